The lowest BCUT2D eigenvalue weighted by Crippen LogP contribution is -2.23. The van der Waals surface area contributed by atoms with Crippen LogP contribution in [0.15, 0.2) is 29.3 Å². The molecule has 1 aromatic carbocycles. The van der Waals surface area contributed by atoms with Crippen molar-refractivity contribution in [3.8, 4) is 0 Å². The zero-order chi connectivity index (χ0) is 15.6. The molecule has 0 aromatic heterocycles. The number of rotatable bonds is 7. The number of ether oxygens (including phenoxy) is 2. The van der Waals surface area contributed by atoms with Crippen molar-refractivity contribution in [2.45, 2.75) is 26.2 Å². The first kappa shape index (κ1) is 16.8. The van der Waals surface area contributed by atoms with E-state index in [2.05, 4.69) is 10.3 Å². The summed E-state index contributed by atoms with van der Waals surface area (Å²) in [5.41, 5.74) is 8.03. The normalized spacial score (nSPS) is 16.7. The molecule has 22 heavy (non-hydrogen) atoms. The Hall–Kier alpha value is -1.59. The average Bonchev–Trinajstić information content (AvgIpc) is 2.52. The van der Waals surface area contributed by atoms with Crippen LogP contribution < -0.4 is 11.1 Å². The molecule has 5 heteroatoms. The minimum atomic E-state index is 0.454. The summed E-state index contributed by atoms with van der Waals surface area (Å²) in [6.07, 6.45) is 3.12. The third-order valence-corrected chi connectivity index (χ3v) is 3.71. The number of benzene rings is 1. The first-order valence-corrected chi connectivity index (χ1v) is 8.03. The Morgan fingerprint density at radius 3 is 3.00 bits per heavy atom. The molecular weight excluding hydrogens is 278 g/mol. The first-order valence-electron chi connectivity index (χ1n) is 8.03. The number of nitrogens with zero attached hydrogens (tertiary/aromatic N) is 1. The second-order valence-corrected chi connectivity index (χ2v) is 5.75. The second-order valence-electron chi connectivity index (χ2n) is 5.75. The van der Waals surface area contributed by atoms with Gasteiger partial charge in [-0.15, -0.1) is 0 Å². The van der Waals surface area contributed by atoms with Crippen LogP contribution in [0.3, 0.4) is 0 Å². The second kappa shape index (κ2) is 9.43. The zero-order valence-corrected chi connectivity index (χ0v) is 13.4. The maximum absolute atomic E-state index is 5.87. The third-order valence-electron chi connectivity index (χ3n) is 3.71. The summed E-state index contributed by atoms with van der Waals surface area (Å²) in [5.74, 6) is 1.11. The highest BCUT2D eigenvalue weighted by Crippen LogP contribution is 2.14. The van der Waals surface area contributed by atoms with E-state index in [9.17, 15) is 0 Å². The molecule has 0 atom stereocenters. The van der Waals surface area contributed by atoms with Crippen molar-refractivity contribution in [3.63, 3.8) is 0 Å². The Bertz CT molecular complexity index is 471. The molecule has 0 amide bonds. The lowest BCUT2D eigenvalue weighted by Gasteiger charge is -2.21. The molecule has 0 aliphatic carbocycles. The van der Waals surface area contributed by atoms with E-state index in [1.807, 2.05) is 31.2 Å². The van der Waals surface area contributed by atoms with Crippen molar-refractivity contribution in [1.29, 1.82) is 0 Å². The van der Waals surface area contributed by atoms with Crippen LogP contribution in [0, 0.1) is 12.8 Å². The maximum Gasteiger partial charge on any atom is 0.193 e. The van der Waals surface area contributed by atoms with Gasteiger partial charge in [-0.1, -0.05) is 12.1 Å². The molecule has 0 unspecified atom stereocenters. The number of nitrogens with one attached hydrogen (secondary N) is 1. The predicted molar refractivity (Wildman–Crippen MR) is 90.3 cm³/mol. The Morgan fingerprint density at radius 2 is 2.23 bits per heavy atom. The highest BCUT2D eigenvalue weighted by molar-refractivity contribution is 5.92. The van der Waals surface area contributed by atoms with Gasteiger partial charge in [0.1, 0.15) is 0 Å². The summed E-state index contributed by atoms with van der Waals surface area (Å²) in [4.78, 5) is 4.32. The molecule has 0 spiro atoms. The lowest BCUT2D eigenvalue weighted by atomic mass is 10.0. The number of hydrogen-bond donors (Lipinski definition) is 2. The van der Waals surface area contributed by atoms with Crippen LogP contribution in [0.4, 0.5) is 5.69 Å². The molecule has 0 bridgehead atoms. The molecule has 1 aliphatic heterocycles. The average molecular weight is 305 g/mol. The lowest BCUT2D eigenvalue weighted by molar-refractivity contribution is 0.0205. The van der Waals surface area contributed by atoms with E-state index in [0.29, 0.717) is 18.4 Å². The number of hydrogen-bond acceptors (Lipinski definition) is 3. The molecule has 1 heterocycles. The standard InChI is InChI=1S/C17H27N3O2/c1-14-4-2-5-16(12-14)20-17(18)19-8-3-9-22-13-15-6-10-21-11-7-15/h2,4-5,12,15H,3,6-11,13H2,1H3,(H3,18,19,20). The quantitative estimate of drug-likeness (QED) is 0.461. The molecule has 0 saturated carbocycles. The van der Waals surface area contributed by atoms with E-state index < -0.39 is 0 Å². The number of aliphatic imine (C=N–C) groups is 1. The van der Waals surface area contributed by atoms with E-state index >= 15 is 0 Å². The van der Waals surface area contributed by atoms with Gasteiger partial charge < -0.3 is 20.5 Å². The van der Waals surface area contributed by atoms with Gasteiger partial charge in [-0.3, -0.25) is 4.99 Å². The van der Waals surface area contributed by atoms with E-state index in [-0.39, 0.29) is 0 Å². The van der Waals surface area contributed by atoms with Crippen molar-refractivity contribution in [3.05, 3.63) is 29.8 Å². The van der Waals surface area contributed by atoms with Crippen LogP contribution in [-0.2, 0) is 9.47 Å². The molecule has 5 nitrogen and oxygen atoms in total. The van der Waals surface area contributed by atoms with Crippen LogP contribution in [0.2, 0.25) is 0 Å². The van der Waals surface area contributed by atoms with Gasteiger partial charge in [-0.25, -0.2) is 0 Å². The van der Waals surface area contributed by atoms with Gasteiger partial charge in [0, 0.05) is 38.7 Å². The highest BCUT2D eigenvalue weighted by atomic mass is 16.5. The number of guanidine groups is 1. The Kier molecular flexibility index (Phi) is 7.19. The van der Waals surface area contributed by atoms with E-state index in [1.54, 1.807) is 0 Å². The predicted octanol–water partition coefficient (Wildman–Crippen LogP) is 2.55. The molecule has 3 N–H and O–H groups in total. The summed E-state index contributed by atoms with van der Waals surface area (Å²) in [5, 5.41) is 3.10. The van der Waals surface area contributed by atoms with E-state index in [0.717, 1.165) is 51.4 Å². The maximum atomic E-state index is 5.87. The highest BCUT2D eigenvalue weighted by Gasteiger charge is 2.13. The summed E-state index contributed by atoms with van der Waals surface area (Å²) in [6, 6.07) is 8.06. The van der Waals surface area contributed by atoms with Crippen molar-refractivity contribution in [1.82, 2.24) is 0 Å². The number of aryl methyl sites for hydroxylation is 1. The fraction of sp³-hybridized carbons (Fsp3) is 0.588. The number of nitrogens with two attached hydrogens (primary N) is 1. The van der Waals surface area contributed by atoms with E-state index in [1.165, 1.54) is 5.56 Å². The summed E-state index contributed by atoms with van der Waals surface area (Å²) in [6.45, 7) is 6.05. The smallest absolute Gasteiger partial charge is 0.193 e. The Balaban J connectivity index is 1.56. The van der Waals surface area contributed by atoms with Crippen LogP contribution in [0.1, 0.15) is 24.8 Å². The minimum absolute atomic E-state index is 0.454. The van der Waals surface area contributed by atoms with Crippen LogP contribution >= 0.6 is 0 Å². The summed E-state index contributed by atoms with van der Waals surface area (Å²) >= 11 is 0. The summed E-state index contributed by atoms with van der Waals surface area (Å²) in [7, 11) is 0. The molecule has 122 valence electrons. The van der Waals surface area contributed by atoms with Gasteiger partial charge in [0.25, 0.3) is 0 Å². The van der Waals surface area contributed by atoms with Gasteiger partial charge >= 0.3 is 0 Å². The summed E-state index contributed by atoms with van der Waals surface area (Å²) < 4.78 is 11.0. The first-order chi connectivity index (χ1) is 10.7. The minimum Gasteiger partial charge on any atom is -0.381 e. The van der Waals surface area contributed by atoms with Crippen molar-refractivity contribution in [2.75, 3.05) is 38.3 Å². The van der Waals surface area contributed by atoms with Crippen LogP contribution in [0.5, 0.6) is 0 Å². The zero-order valence-electron chi connectivity index (χ0n) is 13.4. The van der Waals surface area contributed by atoms with Gasteiger partial charge in [-0.2, -0.15) is 0 Å². The van der Waals surface area contributed by atoms with E-state index in [4.69, 9.17) is 15.2 Å². The largest absolute Gasteiger partial charge is 0.381 e. The van der Waals surface area contributed by atoms with Crippen molar-refractivity contribution in [2.24, 2.45) is 16.6 Å². The van der Waals surface area contributed by atoms with Gasteiger partial charge in [0.05, 0.1) is 0 Å². The van der Waals surface area contributed by atoms with Crippen molar-refractivity contribution < 1.29 is 9.47 Å². The fourth-order valence-electron chi connectivity index (χ4n) is 2.44. The molecule has 1 aromatic rings. The number of anilines is 1. The van der Waals surface area contributed by atoms with Crippen LogP contribution in [0.25, 0.3) is 0 Å². The monoisotopic (exact) mass is 305 g/mol. The van der Waals surface area contributed by atoms with Gasteiger partial charge in [0.2, 0.25) is 0 Å². The molecule has 1 aliphatic rings. The molecule has 1 saturated heterocycles. The van der Waals surface area contributed by atoms with Crippen molar-refractivity contribution >= 4 is 11.6 Å². The topological polar surface area (TPSA) is 68.9 Å². The molecule has 0 radical (unpaired) electrons. The third kappa shape index (κ3) is 6.45. The van der Waals surface area contributed by atoms with Gasteiger partial charge in [0.15, 0.2) is 5.96 Å². The molecular formula is C17H27N3O2. The molecule has 2 rings (SSSR count). The Morgan fingerprint density at radius 1 is 1.41 bits per heavy atom. The Labute approximate surface area is 132 Å². The fourth-order valence-corrected chi connectivity index (χ4v) is 2.44. The molecule has 1 fully saturated rings. The van der Waals surface area contributed by atoms with Gasteiger partial charge in [-0.05, 0) is 49.8 Å². The SMILES string of the molecule is Cc1cccc(NC(N)=NCCCOCC2CCOCC2)c1. The van der Waals surface area contributed by atoms with Crippen LogP contribution in [-0.4, -0.2) is 38.9 Å².